The molecule has 3 amide bonds. The van der Waals surface area contributed by atoms with Crippen LogP contribution in [0.15, 0.2) is 34.7 Å². The molecule has 1 aliphatic heterocycles. The smallest absolute Gasteiger partial charge is 0.342 e. The first-order valence-electron chi connectivity index (χ1n) is 9.49. The van der Waals surface area contributed by atoms with Crippen molar-refractivity contribution in [1.82, 2.24) is 9.80 Å². The Morgan fingerprint density at radius 2 is 1.59 bits per heavy atom. The van der Waals surface area contributed by atoms with Crippen LogP contribution in [0, 0.1) is 20.8 Å². The monoisotopic (exact) mass is 399 g/mol. The van der Waals surface area contributed by atoms with E-state index >= 15 is 0 Å². The predicted molar refractivity (Wildman–Crippen MR) is 107 cm³/mol. The molecule has 0 atom stereocenters. The Hall–Kier alpha value is -3.29. The number of carbonyl (C=O) groups is 3. The first kappa shape index (κ1) is 20.4. The molecule has 1 aromatic heterocycles. The summed E-state index contributed by atoms with van der Waals surface area (Å²) in [6.07, 6.45) is 0. The lowest BCUT2D eigenvalue weighted by atomic mass is 10.1. The standard InChI is InChI=1S/C21H25N3O5/c1-14-15(2)29-16(3)19(14)20(26)28-13-18(25)23-9-11-24(12-10-23)21(27)22-17-7-5-4-6-8-17/h4-8H,9-13H2,1-3H3,(H,22,27). The number of anilines is 1. The lowest BCUT2D eigenvalue weighted by Crippen LogP contribution is -2.52. The molecule has 3 rings (SSSR count). The summed E-state index contributed by atoms with van der Waals surface area (Å²) in [6, 6.07) is 9.01. The Kier molecular flexibility index (Phi) is 6.21. The van der Waals surface area contributed by atoms with Crippen molar-refractivity contribution in [1.29, 1.82) is 0 Å². The number of esters is 1. The quantitative estimate of drug-likeness (QED) is 0.798. The summed E-state index contributed by atoms with van der Waals surface area (Å²) in [4.78, 5) is 40.2. The lowest BCUT2D eigenvalue weighted by Gasteiger charge is -2.34. The number of para-hydroxylation sites is 1. The van der Waals surface area contributed by atoms with E-state index in [2.05, 4.69) is 5.32 Å². The Morgan fingerprint density at radius 1 is 0.966 bits per heavy atom. The molecule has 1 aromatic carbocycles. The van der Waals surface area contributed by atoms with Gasteiger partial charge in [0, 0.05) is 37.4 Å². The van der Waals surface area contributed by atoms with E-state index in [1.165, 1.54) is 0 Å². The minimum absolute atomic E-state index is 0.198. The van der Waals surface area contributed by atoms with Crippen molar-refractivity contribution in [3.8, 4) is 0 Å². The molecule has 29 heavy (non-hydrogen) atoms. The number of hydrogen-bond donors (Lipinski definition) is 1. The van der Waals surface area contributed by atoms with Crippen molar-refractivity contribution in [3.05, 3.63) is 53.0 Å². The molecule has 0 spiro atoms. The zero-order chi connectivity index (χ0) is 21.0. The van der Waals surface area contributed by atoms with Crippen LogP contribution in [0.2, 0.25) is 0 Å². The highest BCUT2D eigenvalue weighted by Crippen LogP contribution is 2.21. The summed E-state index contributed by atoms with van der Waals surface area (Å²) in [6.45, 7) is 6.52. The number of nitrogens with one attached hydrogen (secondary N) is 1. The Morgan fingerprint density at radius 3 is 2.17 bits per heavy atom. The van der Waals surface area contributed by atoms with Crippen molar-refractivity contribution in [2.45, 2.75) is 20.8 Å². The van der Waals surface area contributed by atoms with Gasteiger partial charge < -0.3 is 24.3 Å². The molecule has 1 fully saturated rings. The number of amides is 3. The number of rotatable bonds is 4. The van der Waals surface area contributed by atoms with Crippen LogP contribution in [0.4, 0.5) is 10.5 Å². The summed E-state index contributed by atoms with van der Waals surface area (Å²) in [5, 5.41) is 2.83. The van der Waals surface area contributed by atoms with E-state index in [1.54, 1.807) is 30.6 Å². The number of nitrogens with zero attached hydrogens (tertiary/aromatic N) is 2. The van der Waals surface area contributed by atoms with Gasteiger partial charge in [0.1, 0.15) is 17.1 Å². The zero-order valence-corrected chi connectivity index (χ0v) is 16.9. The van der Waals surface area contributed by atoms with Gasteiger partial charge >= 0.3 is 12.0 Å². The van der Waals surface area contributed by atoms with Crippen molar-refractivity contribution < 1.29 is 23.5 Å². The molecule has 8 heteroatoms. The zero-order valence-electron chi connectivity index (χ0n) is 16.9. The van der Waals surface area contributed by atoms with Crippen LogP contribution in [-0.2, 0) is 9.53 Å². The molecule has 0 radical (unpaired) electrons. The number of benzene rings is 1. The minimum atomic E-state index is -0.564. The van der Waals surface area contributed by atoms with E-state index in [4.69, 9.17) is 9.15 Å². The first-order valence-corrected chi connectivity index (χ1v) is 9.49. The number of ether oxygens (including phenoxy) is 1. The van der Waals surface area contributed by atoms with E-state index in [-0.39, 0.29) is 18.5 Å². The Balaban J connectivity index is 1.46. The van der Waals surface area contributed by atoms with Crippen LogP contribution in [-0.4, -0.2) is 60.5 Å². The van der Waals surface area contributed by atoms with Crippen LogP contribution in [0.1, 0.15) is 27.4 Å². The van der Waals surface area contributed by atoms with Gasteiger partial charge in [-0.05, 0) is 32.9 Å². The number of urea groups is 1. The number of piperazine rings is 1. The fourth-order valence-electron chi connectivity index (χ4n) is 3.27. The molecule has 0 bridgehead atoms. The summed E-state index contributed by atoms with van der Waals surface area (Å²) < 4.78 is 10.6. The minimum Gasteiger partial charge on any atom is -0.465 e. The van der Waals surface area contributed by atoms with Gasteiger partial charge in [-0.2, -0.15) is 0 Å². The topological polar surface area (TPSA) is 92.1 Å². The molecule has 1 N–H and O–H groups in total. The largest absolute Gasteiger partial charge is 0.465 e. The molecular formula is C21H25N3O5. The third-order valence-electron chi connectivity index (χ3n) is 5.04. The number of carbonyl (C=O) groups excluding carboxylic acids is 3. The van der Waals surface area contributed by atoms with Gasteiger partial charge in [-0.1, -0.05) is 18.2 Å². The number of hydrogen-bond acceptors (Lipinski definition) is 5. The highest BCUT2D eigenvalue weighted by molar-refractivity contribution is 5.94. The molecule has 0 aliphatic carbocycles. The predicted octanol–water partition coefficient (Wildman–Crippen LogP) is 2.74. The fraction of sp³-hybridized carbons (Fsp3) is 0.381. The van der Waals surface area contributed by atoms with Gasteiger partial charge in [0.25, 0.3) is 5.91 Å². The van der Waals surface area contributed by atoms with Crippen LogP contribution in [0.5, 0.6) is 0 Å². The van der Waals surface area contributed by atoms with Gasteiger partial charge in [0.15, 0.2) is 6.61 Å². The first-order chi connectivity index (χ1) is 13.9. The Bertz CT molecular complexity index is 899. The van der Waals surface area contributed by atoms with E-state index in [0.29, 0.717) is 43.3 Å². The van der Waals surface area contributed by atoms with E-state index < -0.39 is 5.97 Å². The maximum atomic E-state index is 12.4. The summed E-state index contributed by atoms with van der Waals surface area (Å²) in [5.74, 6) is 0.296. The Labute approximate surface area is 169 Å². The van der Waals surface area contributed by atoms with Crippen LogP contribution in [0.25, 0.3) is 0 Å². The van der Waals surface area contributed by atoms with Crippen molar-refractivity contribution in [3.63, 3.8) is 0 Å². The second-order valence-electron chi connectivity index (χ2n) is 6.95. The van der Waals surface area contributed by atoms with E-state index in [1.807, 2.05) is 30.3 Å². The average Bonchev–Trinajstić information content (AvgIpc) is 2.98. The molecule has 8 nitrogen and oxygen atoms in total. The summed E-state index contributed by atoms with van der Waals surface area (Å²) >= 11 is 0. The van der Waals surface area contributed by atoms with Crippen LogP contribution in [0.3, 0.4) is 0 Å². The molecule has 2 aromatic rings. The maximum Gasteiger partial charge on any atom is 0.342 e. The molecular weight excluding hydrogens is 374 g/mol. The molecule has 0 saturated carbocycles. The van der Waals surface area contributed by atoms with Crippen molar-refractivity contribution >= 4 is 23.6 Å². The van der Waals surface area contributed by atoms with Gasteiger partial charge in [-0.3, -0.25) is 4.79 Å². The second-order valence-corrected chi connectivity index (χ2v) is 6.95. The van der Waals surface area contributed by atoms with Gasteiger partial charge in [0.05, 0.1) is 0 Å². The summed E-state index contributed by atoms with van der Waals surface area (Å²) in [7, 11) is 0. The molecule has 1 aliphatic rings. The molecule has 0 unspecified atom stereocenters. The van der Waals surface area contributed by atoms with Gasteiger partial charge in [0.2, 0.25) is 0 Å². The maximum absolute atomic E-state index is 12.4. The molecule has 2 heterocycles. The van der Waals surface area contributed by atoms with Crippen LogP contribution >= 0.6 is 0 Å². The van der Waals surface area contributed by atoms with Gasteiger partial charge in [-0.15, -0.1) is 0 Å². The van der Waals surface area contributed by atoms with E-state index in [0.717, 1.165) is 11.3 Å². The second kappa shape index (κ2) is 8.81. The number of aryl methyl sites for hydroxylation is 2. The SMILES string of the molecule is Cc1oc(C)c(C(=O)OCC(=O)N2CCN(C(=O)Nc3ccccc3)CC2)c1C. The average molecular weight is 399 g/mol. The highest BCUT2D eigenvalue weighted by Gasteiger charge is 2.26. The fourth-order valence-corrected chi connectivity index (χ4v) is 3.27. The molecule has 154 valence electrons. The number of furan rings is 1. The molecule has 1 saturated heterocycles. The highest BCUT2D eigenvalue weighted by atomic mass is 16.5. The summed E-state index contributed by atoms with van der Waals surface area (Å²) in [5.41, 5.74) is 1.82. The van der Waals surface area contributed by atoms with Crippen molar-refractivity contribution in [2.24, 2.45) is 0 Å². The van der Waals surface area contributed by atoms with Crippen molar-refractivity contribution in [2.75, 3.05) is 38.1 Å². The third kappa shape index (κ3) is 4.77. The third-order valence-corrected chi connectivity index (χ3v) is 5.04. The normalized spacial score (nSPS) is 13.9. The lowest BCUT2D eigenvalue weighted by molar-refractivity contribution is -0.135. The van der Waals surface area contributed by atoms with Crippen LogP contribution < -0.4 is 5.32 Å². The van der Waals surface area contributed by atoms with E-state index in [9.17, 15) is 14.4 Å². The van der Waals surface area contributed by atoms with Gasteiger partial charge in [-0.25, -0.2) is 9.59 Å².